The lowest BCUT2D eigenvalue weighted by molar-refractivity contribution is -0.146. The van der Waals surface area contributed by atoms with Crippen LogP contribution in [0.25, 0.3) is 0 Å². The molecule has 2 aromatic carbocycles. The van der Waals surface area contributed by atoms with E-state index in [1.807, 2.05) is 24.3 Å². The largest absolute Gasteiger partial charge is 0.368 e. The van der Waals surface area contributed by atoms with Crippen LogP contribution in [-0.2, 0) is 9.59 Å². The molecule has 0 bridgehead atoms. The molecular weight excluding hydrogens is 352 g/mol. The highest BCUT2D eigenvalue weighted by Gasteiger charge is 2.40. The number of benzene rings is 2. The Hall–Kier alpha value is -3.33. The summed E-state index contributed by atoms with van der Waals surface area (Å²) in [6.45, 7) is 5.85. The molecule has 1 N–H and O–H groups in total. The Kier molecular flexibility index (Phi) is 5.65. The minimum atomic E-state index is -1.22. The molecule has 0 unspecified atom stereocenters. The van der Waals surface area contributed by atoms with Crippen molar-refractivity contribution < 1.29 is 9.59 Å². The minimum Gasteiger partial charge on any atom is -0.368 e. The SMILES string of the molecule is CC(C)(C(=O)Nc1ccccc1C#N)C(=O)N1CCN(c2ccccc2)CC1. The van der Waals surface area contributed by atoms with E-state index in [4.69, 9.17) is 0 Å². The van der Waals surface area contributed by atoms with Gasteiger partial charge in [0.05, 0.1) is 11.3 Å². The van der Waals surface area contributed by atoms with Crippen LogP contribution in [0.3, 0.4) is 0 Å². The number of rotatable bonds is 4. The van der Waals surface area contributed by atoms with Gasteiger partial charge >= 0.3 is 0 Å². The zero-order chi connectivity index (χ0) is 20.1. The Balaban J connectivity index is 1.64. The first-order valence-electron chi connectivity index (χ1n) is 9.33. The second-order valence-corrected chi connectivity index (χ2v) is 7.35. The number of carbonyl (C=O) groups is 2. The van der Waals surface area contributed by atoms with Crippen LogP contribution in [0.1, 0.15) is 19.4 Å². The van der Waals surface area contributed by atoms with Gasteiger partial charge in [-0.15, -0.1) is 0 Å². The molecule has 3 rings (SSSR count). The molecular formula is C22H24N4O2. The van der Waals surface area contributed by atoms with E-state index < -0.39 is 11.3 Å². The Labute approximate surface area is 165 Å². The number of amides is 2. The number of para-hydroxylation sites is 2. The van der Waals surface area contributed by atoms with Gasteiger partial charge in [0.25, 0.3) is 0 Å². The molecule has 1 aliphatic rings. The molecule has 1 saturated heterocycles. The van der Waals surface area contributed by atoms with Crippen LogP contribution in [0.15, 0.2) is 54.6 Å². The molecule has 28 heavy (non-hydrogen) atoms. The van der Waals surface area contributed by atoms with Gasteiger partial charge in [0.15, 0.2) is 0 Å². The van der Waals surface area contributed by atoms with E-state index in [1.165, 1.54) is 0 Å². The van der Waals surface area contributed by atoms with Gasteiger partial charge in [0.2, 0.25) is 11.8 Å². The fraction of sp³-hybridized carbons (Fsp3) is 0.318. The zero-order valence-electron chi connectivity index (χ0n) is 16.2. The third-order valence-electron chi connectivity index (χ3n) is 5.09. The topological polar surface area (TPSA) is 76.4 Å². The molecule has 144 valence electrons. The van der Waals surface area contributed by atoms with E-state index in [1.54, 1.807) is 43.0 Å². The van der Waals surface area contributed by atoms with Crippen LogP contribution in [0.4, 0.5) is 11.4 Å². The molecule has 2 aromatic rings. The highest BCUT2D eigenvalue weighted by Crippen LogP contribution is 2.25. The summed E-state index contributed by atoms with van der Waals surface area (Å²) in [7, 11) is 0. The Bertz CT molecular complexity index is 894. The summed E-state index contributed by atoms with van der Waals surface area (Å²) in [5.74, 6) is -0.613. The van der Waals surface area contributed by atoms with E-state index in [-0.39, 0.29) is 5.91 Å². The van der Waals surface area contributed by atoms with E-state index >= 15 is 0 Å². The van der Waals surface area contributed by atoms with Crippen LogP contribution in [0.2, 0.25) is 0 Å². The van der Waals surface area contributed by atoms with E-state index in [9.17, 15) is 14.9 Å². The van der Waals surface area contributed by atoms with Crippen LogP contribution in [0.5, 0.6) is 0 Å². The first-order chi connectivity index (χ1) is 13.4. The van der Waals surface area contributed by atoms with Gasteiger partial charge in [-0.3, -0.25) is 9.59 Å². The fourth-order valence-corrected chi connectivity index (χ4v) is 3.27. The summed E-state index contributed by atoms with van der Waals surface area (Å²) in [6.07, 6.45) is 0. The van der Waals surface area contributed by atoms with Crippen molar-refractivity contribution >= 4 is 23.2 Å². The van der Waals surface area contributed by atoms with Crippen LogP contribution in [0, 0.1) is 16.7 Å². The van der Waals surface area contributed by atoms with Crippen molar-refractivity contribution in [1.29, 1.82) is 5.26 Å². The van der Waals surface area contributed by atoms with Gasteiger partial charge in [0, 0.05) is 31.9 Å². The quantitative estimate of drug-likeness (QED) is 0.833. The van der Waals surface area contributed by atoms with Crippen LogP contribution in [-0.4, -0.2) is 42.9 Å². The number of anilines is 2. The number of carbonyl (C=O) groups excluding carboxylic acids is 2. The number of hydrogen-bond donors (Lipinski definition) is 1. The predicted molar refractivity (Wildman–Crippen MR) is 109 cm³/mol. The Morgan fingerprint density at radius 1 is 0.964 bits per heavy atom. The normalized spacial score (nSPS) is 14.3. The molecule has 0 atom stereocenters. The number of nitrogens with zero attached hydrogens (tertiary/aromatic N) is 3. The summed E-state index contributed by atoms with van der Waals surface area (Å²) >= 11 is 0. The highest BCUT2D eigenvalue weighted by molar-refractivity contribution is 6.10. The maximum absolute atomic E-state index is 13.0. The number of piperazine rings is 1. The first kappa shape index (κ1) is 19.4. The third kappa shape index (κ3) is 3.99. The van der Waals surface area contributed by atoms with Gasteiger partial charge < -0.3 is 15.1 Å². The molecule has 1 heterocycles. The number of nitrogens with one attached hydrogen (secondary N) is 1. The lowest BCUT2D eigenvalue weighted by Gasteiger charge is -2.39. The lowest BCUT2D eigenvalue weighted by atomic mass is 9.89. The van der Waals surface area contributed by atoms with Crippen molar-refractivity contribution in [2.45, 2.75) is 13.8 Å². The first-order valence-corrected chi connectivity index (χ1v) is 9.33. The Morgan fingerprint density at radius 3 is 2.21 bits per heavy atom. The zero-order valence-corrected chi connectivity index (χ0v) is 16.2. The fourth-order valence-electron chi connectivity index (χ4n) is 3.27. The molecule has 1 aliphatic heterocycles. The van der Waals surface area contributed by atoms with Crippen molar-refractivity contribution in [2.75, 3.05) is 36.4 Å². The van der Waals surface area contributed by atoms with Gasteiger partial charge in [-0.05, 0) is 38.1 Å². The van der Waals surface area contributed by atoms with Crippen molar-refractivity contribution in [3.8, 4) is 6.07 Å². The molecule has 6 nitrogen and oxygen atoms in total. The van der Waals surface area contributed by atoms with E-state index in [0.717, 1.165) is 18.8 Å². The summed E-state index contributed by atoms with van der Waals surface area (Å²) in [6, 6.07) is 18.9. The van der Waals surface area contributed by atoms with Crippen molar-refractivity contribution in [1.82, 2.24) is 4.90 Å². The standard InChI is InChI=1S/C22H24N4O2/c1-22(2,20(27)24-19-11-7-6-8-17(19)16-23)21(28)26-14-12-25(13-15-26)18-9-4-3-5-10-18/h3-11H,12-15H2,1-2H3,(H,24,27). The Morgan fingerprint density at radius 2 is 1.57 bits per heavy atom. The van der Waals surface area contributed by atoms with Crippen LogP contribution >= 0.6 is 0 Å². The monoisotopic (exact) mass is 376 g/mol. The van der Waals surface area contributed by atoms with Crippen molar-refractivity contribution in [3.05, 3.63) is 60.2 Å². The summed E-state index contributed by atoms with van der Waals surface area (Å²) < 4.78 is 0. The third-order valence-corrected chi connectivity index (χ3v) is 5.09. The van der Waals surface area contributed by atoms with E-state index in [2.05, 4.69) is 22.3 Å². The number of nitriles is 1. The summed E-state index contributed by atoms with van der Waals surface area (Å²) in [5.41, 5.74) is 0.706. The van der Waals surface area contributed by atoms with Gasteiger partial charge in [-0.2, -0.15) is 5.26 Å². The molecule has 6 heteroatoms. The average Bonchev–Trinajstić information content (AvgIpc) is 2.74. The second-order valence-electron chi connectivity index (χ2n) is 7.35. The predicted octanol–water partition coefficient (Wildman–Crippen LogP) is 2.87. The lowest BCUT2D eigenvalue weighted by Crippen LogP contribution is -2.54. The van der Waals surface area contributed by atoms with Crippen LogP contribution < -0.4 is 10.2 Å². The highest BCUT2D eigenvalue weighted by atomic mass is 16.2. The molecule has 0 radical (unpaired) electrons. The summed E-state index contributed by atoms with van der Waals surface area (Å²) in [4.78, 5) is 29.8. The minimum absolute atomic E-state index is 0.202. The number of hydrogen-bond acceptors (Lipinski definition) is 4. The van der Waals surface area contributed by atoms with Gasteiger partial charge in [-0.1, -0.05) is 30.3 Å². The van der Waals surface area contributed by atoms with Crippen molar-refractivity contribution in [3.63, 3.8) is 0 Å². The molecule has 0 saturated carbocycles. The maximum atomic E-state index is 13.0. The smallest absolute Gasteiger partial charge is 0.239 e. The molecule has 0 aliphatic carbocycles. The summed E-state index contributed by atoms with van der Waals surface area (Å²) in [5, 5.41) is 11.9. The van der Waals surface area contributed by atoms with Gasteiger partial charge in [0.1, 0.15) is 11.5 Å². The molecule has 0 aromatic heterocycles. The van der Waals surface area contributed by atoms with Crippen molar-refractivity contribution in [2.24, 2.45) is 5.41 Å². The molecule has 1 fully saturated rings. The van der Waals surface area contributed by atoms with E-state index in [0.29, 0.717) is 24.3 Å². The maximum Gasteiger partial charge on any atom is 0.239 e. The molecule has 0 spiro atoms. The average molecular weight is 376 g/mol. The second kappa shape index (κ2) is 8.13. The molecule has 2 amide bonds. The van der Waals surface area contributed by atoms with Gasteiger partial charge in [-0.25, -0.2) is 0 Å².